The van der Waals surface area contributed by atoms with Crippen molar-refractivity contribution in [1.29, 1.82) is 0 Å². The molecule has 3 heteroatoms. The van der Waals surface area contributed by atoms with E-state index in [0.717, 1.165) is 23.2 Å². The minimum Gasteiger partial charge on any atom is -0.478 e. The molecule has 21 heavy (non-hydrogen) atoms. The predicted molar refractivity (Wildman–Crippen MR) is 82.7 cm³/mol. The Labute approximate surface area is 124 Å². The molecule has 0 saturated carbocycles. The van der Waals surface area contributed by atoms with E-state index in [9.17, 15) is 9.90 Å². The van der Waals surface area contributed by atoms with Crippen molar-refractivity contribution in [3.63, 3.8) is 0 Å². The summed E-state index contributed by atoms with van der Waals surface area (Å²) < 4.78 is 0. The quantitative estimate of drug-likeness (QED) is 0.909. The van der Waals surface area contributed by atoms with Gasteiger partial charge in [-0.05, 0) is 35.4 Å². The maximum atomic E-state index is 11.4. The Bertz CT molecular complexity index is 732. The summed E-state index contributed by atoms with van der Waals surface area (Å²) in [5, 5.41) is 9.38. The maximum Gasteiger partial charge on any atom is 0.337 e. The van der Waals surface area contributed by atoms with Crippen LogP contribution < -0.4 is 0 Å². The highest BCUT2D eigenvalue weighted by Gasteiger charge is 2.32. The number of benzene rings is 1. The lowest BCUT2D eigenvalue weighted by Crippen LogP contribution is -2.26. The zero-order chi connectivity index (χ0) is 15.2. The van der Waals surface area contributed by atoms with Gasteiger partial charge in [-0.3, -0.25) is 4.98 Å². The van der Waals surface area contributed by atoms with Gasteiger partial charge in [-0.25, -0.2) is 4.79 Å². The van der Waals surface area contributed by atoms with Gasteiger partial charge in [0, 0.05) is 5.56 Å². The summed E-state index contributed by atoms with van der Waals surface area (Å²) in [6.45, 7) is 6.34. The number of aromatic nitrogens is 1. The Kier molecular flexibility index (Phi) is 3.08. The summed E-state index contributed by atoms with van der Waals surface area (Å²) in [6.07, 6.45) is 1.44. The molecule has 0 unspecified atom stereocenters. The van der Waals surface area contributed by atoms with Crippen molar-refractivity contribution >= 4 is 5.97 Å². The molecule has 0 radical (unpaired) electrons. The molecule has 0 saturated heterocycles. The number of aromatic carboxylic acids is 1. The van der Waals surface area contributed by atoms with Crippen LogP contribution in [-0.2, 0) is 18.3 Å². The second-order valence-corrected chi connectivity index (χ2v) is 6.26. The van der Waals surface area contributed by atoms with Gasteiger partial charge in [0.15, 0.2) is 0 Å². The van der Waals surface area contributed by atoms with Crippen LogP contribution in [0.2, 0.25) is 0 Å². The van der Waals surface area contributed by atoms with E-state index >= 15 is 0 Å². The van der Waals surface area contributed by atoms with Crippen molar-refractivity contribution in [3.05, 3.63) is 52.7 Å². The van der Waals surface area contributed by atoms with Crippen LogP contribution in [0.4, 0.5) is 0 Å². The van der Waals surface area contributed by atoms with Gasteiger partial charge in [0.25, 0.3) is 0 Å². The number of hydrogen-bond donors (Lipinski definition) is 1. The van der Waals surface area contributed by atoms with E-state index in [1.54, 1.807) is 0 Å². The minimum atomic E-state index is -0.890. The van der Waals surface area contributed by atoms with E-state index < -0.39 is 5.97 Å². The molecule has 1 aromatic heterocycles. The first-order valence-electron chi connectivity index (χ1n) is 7.30. The maximum absolute atomic E-state index is 11.4. The summed E-state index contributed by atoms with van der Waals surface area (Å²) >= 11 is 0. The summed E-state index contributed by atoms with van der Waals surface area (Å²) in [5.41, 5.74) is 5.40. The van der Waals surface area contributed by atoms with Crippen molar-refractivity contribution in [2.45, 2.75) is 39.0 Å². The van der Waals surface area contributed by atoms with Crippen molar-refractivity contribution in [1.82, 2.24) is 4.98 Å². The van der Waals surface area contributed by atoms with Crippen LogP contribution in [0.25, 0.3) is 11.3 Å². The number of carboxylic acid groups (broad SMARTS) is 1. The first-order valence-corrected chi connectivity index (χ1v) is 7.30. The first kappa shape index (κ1) is 13.8. The molecule has 3 nitrogen and oxygen atoms in total. The molecule has 0 spiro atoms. The Morgan fingerprint density at radius 3 is 2.71 bits per heavy atom. The van der Waals surface area contributed by atoms with Gasteiger partial charge >= 0.3 is 5.97 Å². The molecule has 0 aliphatic heterocycles. The number of hydrogen-bond acceptors (Lipinski definition) is 2. The highest BCUT2D eigenvalue weighted by molar-refractivity contribution is 5.90. The van der Waals surface area contributed by atoms with E-state index in [-0.39, 0.29) is 5.41 Å². The molecule has 1 aliphatic rings. The summed E-state index contributed by atoms with van der Waals surface area (Å²) in [4.78, 5) is 16.1. The molecule has 1 heterocycles. The Morgan fingerprint density at radius 1 is 1.33 bits per heavy atom. The predicted octanol–water partition coefficient (Wildman–Crippen LogP) is 3.84. The molecule has 0 amide bonds. The van der Waals surface area contributed by atoms with Gasteiger partial charge in [-0.1, -0.05) is 45.0 Å². The molecular formula is C18H19NO2. The normalized spacial score (nSPS) is 15.2. The molecule has 108 valence electrons. The topological polar surface area (TPSA) is 50.2 Å². The van der Waals surface area contributed by atoms with Crippen molar-refractivity contribution in [2.75, 3.05) is 0 Å². The van der Waals surface area contributed by atoms with Gasteiger partial charge in [-0.2, -0.15) is 0 Å². The first-order chi connectivity index (χ1) is 9.94. The number of aryl methyl sites for hydroxylation is 1. The Balaban J connectivity index is 2.30. The Morgan fingerprint density at radius 2 is 2.05 bits per heavy atom. The lowest BCUT2D eigenvalue weighted by atomic mass is 9.71. The largest absolute Gasteiger partial charge is 0.478 e. The molecule has 2 aromatic rings. The van der Waals surface area contributed by atoms with E-state index in [1.807, 2.05) is 19.1 Å². The average molecular weight is 281 g/mol. The second kappa shape index (κ2) is 4.69. The van der Waals surface area contributed by atoms with Gasteiger partial charge in [-0.15, -0.1) is 0 Å². The molecule has 1 N–H and O–H groups in total. The molecule has 0 bridgehead atoms. The molecule has 1 aromatic carbocycles. The van der Waals surface area contributed by atoms with Crippen LogP contribution in [0.15, 0.2) is 30.3 Å². The fourth-order valence-electron chi connectivity index (χ4n) is 3.27. The van der Waals surface area contributed by atoms with Gasteiger partial charge < -0.3 is 5.11 Å². The third kappa shape index (κ3) is 2.13. The van der Waals surface area contributed by atoms with Crippen molar-refractivity contribution in [2.24, 2.45) is 0 Å². The number of carbonyl (C=O) groups is 1. The van der Waals surface area contributed by atoms with Crippen LogP contribution >= 0.6 is 0 Å². The van der Waals surface area contributed by atoms with E-state index in [1.165, 1.54) is 5.56 Å². The lowest BCUT2D eigenvalue weighted by molar-refractivity contribution is 0.0695. The number of pyridine rings is 1. The van der Waals surface area contributed by atoms with Crippen molar-refractivity contribution < 1.29 is 9.90 Å². The number of carboxylic acids is 1. The molecule has 0 atom stereocenters. The highest BCUT2D eigenvalue weighted by atomic mass is 16.4. The SMILES string of the molecule is CCc1nc2c(cc1C(=O)O)CC(C)(C)c1ccccc1-2. The summed E-state index contributed by atoms with van der Waals surface area (Å²) in [6, 6.07) is 10.1. The zero-order valence-corrected chi connectivity index (χ0v) is 12.6. The molecular weight excluding hydrogens is 262 g/mol. The summed E-state index contributed by atoms with van der Waals surface area (Å²) in [5.74, 6) is -0.890. The monoisotopic (exact) mass is 281 g/mol. The van der Waals surface area contributed by atoms with Crippen LogP contribution in [0.3, 0.4) is 0 Å². The van der Waals surface area contributed by atoms with E-state index in [2.05, 4.69) is 37.0 Å². The van der Waals surface area contributed by atoms with Gasteiger partial charge in [0.2, 0.25) is 0 Å². The smallest absolute Gasteiger partial charge is 0.337 e. The number of fused-ring (bicyclic) bond motifs is 3. The molecule has 1 aliphatic carbocycles. The standard InChI is InChI=1S/C18H19NO2/c1-4-15-13(17(20)21)9-11-10-18(2,3)14-8-6-5-7-12(14)16(11)19-15/h5-9H,4,10H2,1-3H3,(H,20,21). The third-order valence-electron chi connectivity index (χ3n) is 4.29. The number of nitrogens with zero attached hydrogens (tertiary/aromatic N) is 1. The average Bonchev–Trinajstić information content (AvgIpc) is 2.46. The highest BCUT2D eigenvalue weighted by Crippen LogP contribution is 2.42. The fourth-order valence-corrected chi connectivity index (χ4v) is 3.27. The van der Waals surface area contributed by atoms with Crippen LogP contribution in [0.1, 0.15) is 48.0 Å². The Hall–Kier alpha value is -2.16. The van der Waals surface area contributed by atoms with Gasteiger partial charge in [0.05, 0.1) is 17.0 Å². The second-order valence-electron chi connectivity index (χ2n) is 6.26. The van der Waals surface area contributed by atoms with Gasteiger partial charge in [0.1, 0.15) is 0 Å². The lowest BCUT2D eigenvalue weighted by Gasteiger charge is -2.34. The molecule has 0 fully saturated rings. The van der Waals surface area contributed by atoms with Crippen molar-refractivity contribution in [3.8, 4) is 11.3 Å². The number of rotatable bonds is 2. The van der Waals surface area contributed by atoms with Crippen LogP contribution in [0.5, 0.6) is 0 Å². The van der Waals surface area contributed by atoms with Crippen LogP contribution in [-0.4, -0.2) is 16.1 Å². The minimum absolute atomic E-state index is 0.00518. The third-order valence-corrected chi connectivity index (χ3v) is 4.29. The summed E-state index contributed by atoms with van der Waals surface area (Å²) in [7, 11) is 0. The molecule has 3 rings (SSSR count). The van der Waals surface area contributed by atoms with Crippen LogP contribution in [0, 0.1) is 0 Å². The van der Waals surface area contributed by atoms with E-state index in [0.29, 0.717) is 17.7 Å². The fraction of sp³-hybridized carbons (Fsp3) is 0.333. The van der Waals surface area contributed by atoms with E-state index in [4.69, 9.17) is 0 Å². The zero-order valence-electron chi connectivity index (χ0n) is 12.6.